The maximum Gasteiger partial charge on any atom is 0.350 e. The molecule has 0 radical (unpaired) electrons. The minimum Gasteiger partial charge on any atom is -0.497 e. The second-order valence-corrected chi connectivity index (χ2v) is 5.33. The van der Waals surface area contributed by atoms with Crippen molar-refractivity contribution >= 4 is 17.3 Å². The average Bonchev–Trinajstić information content (AvgIpc) is 3.24. The highest BCUT2D eigenvalue weighted by Gasteiger charge is 2.14. The molecule has 2 aromatic heterocycles. The standard InChI is InChI=1S/C15H12N2O4S/c1-19-11-4-2-10(3-5-11)14-17-7-13(22-14)15(18)20-8-12-6-16-9-21-12/h2-7,9H,8H2,1H3. The van der Waals surface area contributed by atoms with Gasteiger partial charge in [0.1, 0.15) is 15.6 Å². The molecule has 1 aromatic carbocycles. The fraction of sp³-hybridized carbons (Fsp3) is 0.133. The van der Waals surface area contributed by atoms with E-state index in [1.165, 1.54) is 30.1 Å². The number of aromatic nitrogens is 2. The molecule has 0 fully saturated rings. The fourth-order valence-corrected chi connectivity index (χ4v) is 2.57. The number of carbonyl (C=O) groups excluding carboxylic acids is 1. The second kappa shape index (κ2) is 6.40. The van der Waals surface area contributed by atoms with E-state index in [0.717, 1.165) is 16.3 Å². The number of carbonyl (C=O) groups is 1. The van der Waals surface area contributed by atoms with Gasteiger partial charge in [0.05, 0.1) is 19.5 Å². The summed E-state index contributed by atoms with van der Waals surface area (Å²) in [5.41, 5.74) is 0.917. The van der Waals surface area contributed by atoms with Gasteiger partial charge < -0.3 is 13.9 Å². The van der Waals surface area contributed by atoms with Gasteiger partial charge in [-0.25, -0.2) is 14.8 Å². The number of hydrogen-bond acceptors (Lipinski definition) is 7. The Kier molecular flexibility index (Phi) is 4.15. The molecule has 0 bridgehead atoms. The first kappa shape index (κ1) is 14.3. The van der Waals surface area contributed by atoms with E-state index in [4.69, 9.17) is 13.9 Å². The Morgan fingerprint density at radius 1 is 1.27 bits per heavy atom. The average molecular weight is 316 g/mol. The van der Waals surface area contributed by atoms with E-state index >= 15 is 0 Å². The van der Waals surface area contributed by atoms with Crippen LogP contribution in [0, 0.1) is 0 Å². The Morgan fingerprint density at radius 2 is 2.09 bits per heavy atom. The zero-order valence-electron chi connectivity index (χ0n) is 11.7. The number of hydrogen-bond donors (Lipinski definition) is 0. The lowest BCUT2D eigenvalue weighted by atomic mass is 10.2. The minimum atomic E-state index is -0.436. The molecule has 7 heteroatoms. The molecule has 0 N–H and O–H groups in total. The third-order valence-corrected chi connectivity index (χ3v) is 3.90. The molecule has 0 atom stereocenters. The van der Waals surface area contributed by atoms with Gasteiger partial charge in [0.2, 0.25) is 0 Å². The topological polar surface area (TPSA) is 74.5 Å². The lowest BCUT2D eigenvalue weighted by Crippen LogP contribution is -2.02. The van der Waals surface area contributed by atoms with Gasteiger partial charge in [-0.1, -0.05) is 0 Å². The molecule has 3 aromatic rings. The van der Waals surface area contributed by atoms with Crippen LogP contribution < -0.4 is 4.74 Å². The van der Waals surface area contributed by atoms with E-state index in [2.05, 4.69) is 9.97 Å². The maximum absolute atomic E-state index is 12.0. The van der Waals surface area contributed by atoms with E-state index in [1.807, 2.05) is 24.3 Å². The van der Waals surface area contributed by atoms with Crippen LogP contribution in [-0.2, 0) is 11.3 Å². The van der Waals surface area contributed by atoms with Crippen LogP contribution >= 0.6 is 11.3 Å². The van der Waals surface area contributed by atoms with Crippen molar-refractivity contribution in [2.75, 3.05) is 7.11 Å². The third-order valence-electron chi connectivity index (χ3n) is 2.87. The number of methoxy groups -OCH3 is 1. The van der Waals surface area contributed by atoms with Gasteiger partial charge in [0, 0.05) is 5.56 Å². The van der Waals surface area contributed by atoms with E-state index in [1.54, 1.807) is 7.11 Å². The number of ether oxygens (including phenoxy) is 2. The molecule has 0 amide bonds. The van der Waals surface area contributed by atoms with Crippen molar-refractivity contribution in [2.45, 2.75) is 6.61 Å². The Labute approximate surface area is 130 Å². The van der Waals surface area contributed by atoms with Crippen LogP contribution in [0.4, 0.5) is 0 Å². The van der Waals surface area contributed by atoms with Gasteiger partial charge in [-0.2, -0.15) is 0 Å². The Bertz CT molecular complexity index is 750. The highest BCUT2D eigenvalue weighted by atomic mass is 32.1. The summed E-state index contributed by atoms with van der Waals surface area (Å²) in [5, 5.41) is 0.745. The quantitative estimate of drug-likeness (QED) is 0.673. The zero-order chi connectivity index (χ0) is 15.4. The molecule has 0 aliphatic rings. The zero-order valence-corrected chi connectivity index (χ0v) is 12.5. The molecular weight excluding hydrogens is 304 g/mol. The van der Waals surface area contributed by atoms with E-state index in [0.29, 0.717) is 10.6 Å². The van der Waals surface area contributed by atoms with E-state index in [9.17, 15) is 4.79 Å². The molecule has 0 saturated carbocycles. The van der Waals surface area contributed by atoms with Crippen LogP contribution in [0.15, 0.2) is 47.5 Å². The molecule has 22 heavy (non-hydrogen) atoms. The number of rotatable bonds is 5. The SMILES string of the molecule is COc1ccc(-c2ncc(C(=O)OCc3cnco3)s2)cc1. The van der Waals surface area contributed by atoms with Crippen LogP contribution in [-0.4, -0.2) is 23.0 Å². The predicted octanol–water partition coefficient (Wildman–Crippen LogP) is 3.16. The van der Waals surface area contributed by atoms with Crippen molar-refractivity contribution in [3.05, 3.63) is 53.7 Å². The molecule has 6 nitrogen and oxygen atoms in total. The maximum atomic E-state index is 12.0. The monoisotopic (exact) mass is 316 g/mol. The summed E-state index contributed by atoms with van der Waals surface area (Å²) in [6.45, 7) is 0.0502. The minimum absolute atomic E-state index is 0.0502. The largest absolute Gasteiger partial charge is 0.497 e. The van der Waals surface area contributed by atoms with Crippen molar-refractivity contribution in [2.24, 2.45) is 0 Å². The molecule has 0 unspecified atom stereocenters. The van der Waals surface area contributed by atoms with Crippen molar-refractivity contribution in [1.29, 1.82) is 0 Å². The number of thiazole rings is 1. The Morgan fingerprint density at radius 3 is 2.77 bits per heavy atom. The molecule has 0 spiro atoms. The summed E-state index contributed by atoms with van der Waals surface area (Å²) >= 11 is 1.27. The molecule has 3 rings (SSSR count). The number of esters is 1. The summed E-state index contributed by atoms with van der Waals surface area (Å²) in [5.74, 6) is 0.828. The van der Waals surface area contributed by atoms with Gasteiger partial charge in [0.15, 0.2) is 18.8 Å². The highest BCUT2D eigenvalue weighted by molar-refractivity contribution is 7.16. The smallest absolute Gasteiger partial charge is 0.350 e. The van der Waals surface area contributed by atoms with E-state index < -0.39 is 5.97 Å². The van der Waals surface area contributed by atoms with Crippen LogP contribution in [0.25, 0.3) is 10.6 Å². The van der Waals surface area contributed by atoms with Crippen molar-refractivity contribution in [3.8, 4) is 16.3 Å². The van der Waals surface area contributed by atoms with Gasteiger partial charge in [-0.15, -0.1) is 11.3 Å². The van der Waals surface area contributed by atoms with Crippen LogP contribution in [0.1, 0.15) is 15.4 Å². The third kappa shape index (κ3) is 3.15. The van der Waals surface area contributed by atoms with Crippen LogP contribution in [0.3, 0.4) is 0 Å². The first-order valence-corrected chi connectivity index (χ1v) is 7.22. The molecular formula is C15H12N2O4S. The summed E-state index contributed by atoms with van der Waals surface area (Å²) in [7, 11) is 1.61. The summed E-state index contributed by atoms with van der Waals surface area (Å²) in [6, 6.07) is 7.47. The van der Waals surface area contributed by atoms with Crippen molar-refractivity contribution < 1.29 is 18.7 Å². The summed E-state index contributed by atoms with van der Waals surface area (Å²) < 4.78 is 15.3. The number of oxazole rings is 1. The highest BCUT2D eigenvalue weighted by Crippen LogP contribution is 2.27. The first-order valence-electron chi connectivity index (χ1n) is 6.41. The summed E-state index contributed by atoms with van der Waals surface area (Å²) in [6.07, 6.45) is 4.30. The molecule has 0 saturated heterocycles. The van der Waals surface area contributed by atoms with Gasteiger partial charge in [-0.05, 0) is 24.3 Å². The van der Waals surface area contributed by atoms with Crippen LogP contribution in [0.5, 0.6) is 5.75 Å². The molecule has 2 heterocycles. The summed E-state index contributed by atoms with van der Waals surface area (Å²) in [4.78, 5) is 20.4. The lowest BCUT2D eigenvalue weighted by Gasteiger charge is -2.00. The molecule has 0 aliphatic heterocycles. The normalized spacial score (nSPS) is 10.4. The fourth-order valence-electron chi connectivity index (χ4n) is 1.76. The molecule has 112 valence electrons. The Hall–Kier alpha value is -2.67. The van der Waals surface area contributed by atoms with Crippen molar-refractivity contribution in [3.63, 3.8) is 0 Å². The second-order valence-electron chi connectivity index (χ2n) is 4.30. The van der Waals surface area contributed by atoms with Gasteiger partial charge >= 0.3 is 5.97 Å². The van der Waals surface area contributed by atoms with Gasteiger partial charge in [-0.3, -0.25) is 0 Å². The van der Waals surface area contributed by atoms with Crippen LogP contribution in [0.2, 0.25) is 0 Å². The Balaban J connectivity index is 1.68. The first-order chi connectivity index (χ1) is 10.8. The lowest BCUT2D eigenvalue weighted by molar-refractivity contribution is 0.0451. The number of nitrogens with zero attached hydrogens (tertiary/aromatic N) is 2. The van der Waals surface area contributed by atoms with Gasteiger partial charge in [0.25, 0.3) is 0 Å². The predicted molar refractivity (Wildman–Crippen MR) is 79.7 cm³/mol. The van der Waals surface area contributed by atoms with E-state index in [-0.39, 0.29) is 6.61 Å². The number of benzene rings is 1. The van der Waals surface area contributed by atoms with Crippen molar-refractivity contribution in [1.82, 2.24) is 9.97 Å². The molecule has 0 aliphatic carbocycles.